The first-order valence-electron chi connectivity index (χ1n) is 4.62. The van der Waals surface area contributed by atoms with Crippen molar-refractivity contribution in [1.29, 1.82) is 0 Å². The summed E-state index contributed by atoms with van der Waals surface area (Å²) in [6.07, 6.45) is -3.11. The summed E-state index contributed by atoms with van der Waals surface area (Å²) >= 11 is 5.47. The third kappa shape index (κ3) is 3.26. The van der Waals surface area contributed by atoms with E-state index in [1.807, 2.05) is 0 Å². The molecule has 0 spiro atoms. The quantitative estimate of drug-likeness (QED) is 0.670. The zero-order chi connectivity index (χ0) is 13.0. The highest BCUT2D eigenvalue weighted by atomic mass is 35.5. The summed E-state index contributed by atoms with van der Waals surface area (Å²) in [7, 11) is 1.18. The molecule has 1 rings (SSSR count). The van der Waals surface area contributed by atoms with Gasteiger partial charge in [-0.05, 0) is 6.07 Å². The summed E-state index contributed by atoms with van der Waals surface area (Å²) in [4.78, 5) is 14.8. The lowest BCUT2D eigenvalue weighted by Gasteiger charge is -2.09. The Labute approximate surface area is 101 Å². The Bertz CT molecular complexity index is 426. The maximum Gasteiger partial charge on any atom is 0.311 e. The van der Waals surface area contributed by atoms with Gasteiger partial charge in [-0.1, -0.05) is 0 Å². The van der Waals surface area contributed by atoms with Crippen LogP contribution in [0, 0.1) is 0 Å². The van der Waals surface area contributed by atoms with Crippen LogP contribution in [0.5, 0.6) is 5.75 Å². The fourth-order valence-corrected chi connectivity index (χ4v) is 1.43. The molecule has 1 aromatic rings. The molecule has 4 nitrogen and oxygen atoms in total. The van der Waals surface area contributed by atoms with Gasteiger partial charge in [0.25, 0.3) is 6.43 Å². The summed E-state index contributed by atoms with van der Waals surface area (Å²) in [5.74, 6) is -1.46. The number of methoxy groups -OCH3 is 1. The summed E-state index contributed by atoms with van der Waals surface area (Å²) in [5, 5.41) is 9.43. The highest BCUT2D eigenvalue weighted by Crippen LogP contribution is 2.31. The number of hydrogen-bond donors (Lipinski definition) is 1. The molecule has 0 unspecified atom stereocenters. The maximum atomic E-state index is 12.6. The molecule has 0 amide bonds. The first-order valence-corrected chi connectivity index (χ1v) is 5.15. The van der Waals surface area contributed by atoms with Crippen LogP contribution >= 0.6 is 11.6 Å². The van der Waals surface area contributed by atoms with E-state index in [-0.39, 0.29) is 23.7 Å². The van der Waals surface area contributed by atoms with Crippen molar-refractivity contribution < 1.29 is 23.4 Å². The topological polar surface area (TPSA) is 59.4 Å². The summed E-state index contributed by atoms with van der Waals surface area (Å²) < 4.78 is 29.6. The highest BCUT2D eigenvalue weighted by molar-refractivity contribution is 6.17. The first kappa shape index (κ1) is 13.6. The fraction of sp³-hybridized carbons (Fsp3) is 0.400. The van der Waals surface area contributed by atoms with Gasteiger partial charge in [-0.3, -0.25) is 9.78 Å². The lowest BCUT2D eigenvalue weighted by Crippen LogP contribution is -2.08. The number of carbonyl (C=O) groups is 1. The summed E-state index contributed by atoms with van der Waals surface area (Å²) in [5.41, 5.74) is -0.585. The minimum atomic E-state index is -2.86. The molecule has 0 atom stereocenters. The molecule has 1 heterocycles. The number of hydrogen-bond acceptors (Lipinski definition) is 4. The van der Waals surface area contributed by atoms with Gasteiger partial charge in [0, 0.05) is 0 Å². The molecule has 0 saturated carbocycles. The zero-order valence-corrected chi connectivity index (χ0v) is 9.67. The van der Waals surface area contributed by atoms with E-state index in [0.29, 0.717) is 0 Å². The van der Waals surface area contributed by atoms with Crippen molar-refractivity contribution in [2.75, 3.05) is 7.11 Å². The van der Waals surface area contributed by atoms with E-state index in [1.165, 1.54) is 7.11 Å². The van der Waals surface area contributed by atoms with E-state index in [2.05, 4.69) is 9.72 Å². The maximum absolute atomic E-state index is 12.6. The van der Waals surface area contributed by atoms with Gasteiger partial charge in [0.1, 0.15) is 5.75 Å². The SMILES string of the molecule is COC(=O)Cc1cc(C(F)F)c(O)c(CCl)n1. The third-order valence-corrected chi connectivity index (χ3v) is 2.32. The third-order valence-electron chi connectivity index (χ3n) is 2.06. The number of rotatable bonds is 4. The predicted octanol–water partition coefficient (Wildman–Crippen LogP) is 2.18. The Kier molecular flexibility index (Phi) is 4.62. The van der Waals surface area contributed by atoms with Gasteiger partial charge in [-0.15, -0.1) is 11.6 Å². The summed E-state index contributed by atoms with van der Waals surface area (Å²) in [6, 6.07) is 0.965. The number of aromatic nitrogens is 1. The number of ether oxygens (including phenoxy) is 1. The number of halogens is 3. The van der Waals surface area contributed by atoms with E-state index in [9.17, 15) is 18.7 Å². The van der Waals surface area contributed by atoms with E-state index in [4.69, 9.17) is 11.6 Å². The van der Waals surface area contributed by atoms with Crippen LogP contribution in [0.15, 0.2) is 6.07 Å². The number of aromatic hydroxyl groups is 1. The monoisotopic (exact) mass is 265 g/mol. The van der Waals surface area contributed by atoms with E-state index < -0.39 is 23.7 Å². The lowest BCUT2D eigenvalue weighted by atomic mass is 10.1. The largest absolute Gasteiger partial charge is 0.505 e. The van der Waals surface area contributed by atoms with Crippen LogP contribution < -0.4 is 0 Å². The molecule has 94 valence electrons. The van der Waals surface area contributed by atoms with Gasteiger partial charge in [0.15, 0.2) is 0 Å². The van der Waals surface area contributed by atoms with E-state index in [0.717, 1.165) is 6.07 Å². The Hall–Kier alpha value is -1.43. The van der Waals surface area contributed by atoms with E-state index >= 15 is 0 Å². The van der Waals surface area contributed by atoms with Crippen molar-refractivity contribution in [2.45, 2.75) is 18.7 Å². The number of alkyl halides is 3. The molecule has 0 bridgehead atoms. The number of nitrogens with zero attached hydrogens (tertiary/aromatic N) is 1. The van der Waals surface area contributed by atoms with Gasteiger partial charge in [0.05, 0.1) is 36.4 Å². The molecular formula is C10H10ClF2NO3. The molecule has 7 heteroatoms. The van der Waals surface area contributed by atoms with Crippen LogP contribution in [0.2, 0.25) is 0 Å². The average molecular weight is 266 g/mol. The van der Waals surface area contributed by atoms with Crippen LogP contribution in [-0.2, 0) is 21.8 Å². The standard InChI is InChI=1S/C10H10ClF2NO3/c1-17-8(15)3-5-2-6(10(12)13)9(16)7(4-11)14-5/h2,10,16H,3-4H2,1H3. The molecule has 17 heavy (non-hydrogen) atoms. The molecule has 0 fully saturated rings. The second-order valence-electron chi connectivity index (χ2n) is 3.19. The number of carbonyl (C=O) groups excluding carboxylic acids is 1. The Morgan fingerprint density at radius 3 is 2.76 bits per heavy atom. The van der Waals surface area contributed by atoms with Crippen LogP contribution in [0.4, 0.5) is 8.78 Å². The van der Waals surface area contributed by atoms with Crippen molar-refractivity contribution >= 4 is 17.6 Å². The van der Waals surface area contributed by atoms with Crippen molar-refractivity contribution in [3.63, 3.8) is 0 Å². The lowest BCUT2D eigenvalue weighted by molar-refractivity contribution is -0.139. The molecule has 0 saturated heterocycles. The number of esters is 1. The van der Waals surface area contributed by atoms with Crippen molar-refractivity contribution in [2.24, 2.45) is 0 Å². The highest BCUT2D eigenvalue weighted by Gasteiger charge is 2.19. The molecular weight excluding hydrogens is 256 g/mol. The van der Waals surface area contributed by atoms with Crippen LogP contribution in [0.3, 0.4) is 0 Å². The normalized spacial score (nSPS) is 10.6. The van der Waals surface area contributed by atoms with Gasteiger partial charge < -0.3 is 9.84 Å². The van der Waals surface area contributed by atoms with Gasteiger partial charge >= 0.3 is 5.97 Å². The first-order chi connectivity index (χ1) is 7.99. The Morgan fingerprint density at radius 1 is 1.65 bits per heavy atom. The Morgan fingerprint density at radius 2 is 2.29 bits per heavy atom. The second-order valence-corrected chi connectivity index (χ2v) is 3.45. The zero-order valence-electron chi connectivity index (χ0n) is 8.91. The fourth-order valence-electron chi connectivity index (χ4n) is 1.24. The smallest absolute Gasteiger partial charge is 0.311 e. The van der Waals surface area contributed by atoms with Crippen LogP contribution in [0.25, 0.3) is 0 Å². The number of pyridine rings is 1. The summed E-state index contributed by atoms with van der Waals surface area (Å²) in [6.45, 7) is 0. The van der Waals surface area contributed by atoms with Crippen LogP contribution in [-0.4, -0.2) is 23.2 Å². The van der Waals surface area contributed by atoms with Gasteiger partial charge in [0.2, 0.25) is 0 Å². The molecule has 0 aliphatic heterocycles. The molecule has 0 aliphatic rings. The van der Waals surface area contributed by atoms with Crippen molar-refractivity contribution in [1.82, 2.24) is 4.98 Å². The second kappa shape index (κ2) is 5.77. The van der Waals surface area contributed by atoms with E-state index in [1.54, 1.807) is 0 Å². The van der Waals surface area contributed by atoms with Crippen LogP contribution in [0.1, 0.15) is 23.4 Å². The van der Waals surface area contributed by atoms with Gasteiger partial charge in [-0.25, -0.2) is 8.78 Å². The molecule has 0 aliphatic carbocycles. The van der Waals surface area contributed by atoms with Gasteiger partial charge in [-0.2, -0.15) is 0 Å². The van der Waals surface area contributed by atoms with Crippen molar-refractivity contribution in [3.8, 4) is 5.75 Å². The molecule has 0 radical (unpaired) electrons. The minimum Gasteiger partial charge on any atom is -0.505 e. The molecule has 1 N–H and O–H groups in total. The average Bonchev–Trinajstić information content (AvgIpc) is 2.30. The predicted molar refractivity (Wildman–Crippen MR) is 56.1 cm³/mol. The Balaban J connectivity index is 3.15. The minimum absolute atomic E-state index is 0.0802. The van der Waals surface area contributed by atoms with Crippen molar-refractivity contribution in [3.05, 3.63) is 23.0 Å². The molecule has 1 aromatic heterocycles. The molecule has 0 aromatic carbocycles.